The van der Waals surface area contributed by atoms with Gasteiger partial charge in [0.1, 0.15) is 5.78 Å². The average molecular weight is 350 g/mol. The molecule has 0 spiro atoms. The highest BCUT2D eigenvalue weighted by atomic mass is 35.5. The fourth-order valence-electron chi connectivity index (χ4n) is 3.27. The lowest BCUT2D eigenvalue weighted by atomic mass is 9.82. The summed E-state index contributed by atoms with van der Waals surface area (Å²) < 4.78 is 0. The zero-order valence-corrected chi connectivity index (χ0v) is 15.0. The predicted molar refractivity (Wildman–Crippen MR) is 95.0 cm³/mol. The Morgan fingerprint density at radius 2 is 1.88 bits per heavy atom. The maximum absolute atomic E-state index is 12.8. The summed E-state index contributed by atoms with van der Waals surface area (Å²) in [5.41, 5.74) is 0.521. The highest BCUT2D eigenvalue weighted by molar-refractivity contribution is 6.30. The lowest BCUT2D eigenvalue weighted by molar-refractivity contribution is -0.131. The molecular weight excluding hydrogens is 326 g/mol. The molecule has 1 aromatic carbocycles. The van der Waals surface area contributed by atoms with E-state index in [2.05, 4.69) is 0 Å². The largest absolute Gasteiger partial charge is 0.299 e. The second-order valence-electron chi connectivity index (χ2n) is 6.32. The van der Waals surface area contributed by atoms with E-state index in [0.29, 0.717) is 23.6 Å². The van der Waals surface area contributed by atoms with E-state index in [1.165, 1.54) is 4.90 Å². The molecule has 24 heavy (non-hydrogen) atoms. The van der Waals surface area contributed by atoms with Gasteiger partial charge in [-0.25, -0.2) is 0 Å². The molecule has 2 unspecified atom stereocenters. The van der Waals surface area contributed by atoms with Gasteiger partial charge in [0.05, 0.1) is 11.6 Å². The summed E-state index contributed by atoms with van der Waals surface area (Å²) in [6.07, 6.45) is 3.85. The fourth-order valence-corrected chi connectivity index (χ4v) is 3.39. The Labute approximate surface area is 148 Å². The van der Waals surface area contributed by atoms with E-state index in [1.54, 1.807) is 24.3 Å². The van der Waals surface area contributed by atoms with Gasteiger partial charge in [-0.05, 0) is 37.1 Å². The van der Waals surface area contributed by atoms with Crippen LogP contribution in [0, 0.1) is 11.8 Å². The van der Waals surface area contributed by atoms with Crippen molar-refractivity contribution in [3.8, 4) is 0 Å². The van der Waals surface area contributed by atoms with Crippen molar-refractivity contribution < 1.29 is 14.4 Å². The molecule has 0 bridgehead atoms. The topological polar surface area (TPSA) is 54.5 Å². The number of carbonyl (C=O) groups excluding carboxylic acids is 3. The van der Waals surface area contributed by atoms with E-state index in [0.717, 1.165) is 19.3 Å². The number of rotatable bonds is 8. The summed E-state index contributed by atoms with van der Waals surface area (Å²) in [5, 5.41) is 0.549. The molecular formula is C19H24ClNO3. The van der Waals surface area contributed by atoms with Crippen molar-refractivity contribution in [3.63, 3.8) is 0 Å². The van der Waals surface area contributed by atoms with Crippen LogP contribution in [0.25, 0.3) is 0 Å². The summed E-state index contributed by atoms with van der Waals surface area (Å²) >= 11 is 5.87. The quantitative estimate of drug-likeness (QED) is 0.654. The lowest BCUT2D eigenvalue weighted by Gasteiger charge is -2.21. The van der Waals surface area contributed by atoms with Crippen molar-refractivity contribution in [1.29, 1.82) is 0 Å². The Morgan fingerprint density at radius 1 is 1.21 bits per heavy atom. The highest BCUT2D eigenvalue weighted by Crippen LogP contribution is 2.34. The summed E-state index contributed by atoms with van der Waals surface area (Å²) in [6.45, 7) is 4.03. The van der Waals surface area contributed by atoms with E-state index in [1.807, 2.05) is 13.8 Å². The van der Waals surface area contributed by atoms with Gasteiger partial charge in [0.15, 0.2) is 0 Å². The van der Waals surface area contributed by atoms with Crippen LogP contribution in [-0.4, -0.2) is 17.6 Å². The number of hydrogen-bond donors (Lipinski definition) is 0. The molecule has 5 heteroatoms. The second kappa shape index (κ2) is 8.43. The Kier molecular flexibility index (Phi) is 6.55. The number of benzene rings is 1. The van der Waals surface area contributed by atoms with Crippen molar-refractivity contribution in [2.24, 2.45) is 11.8 Å². The molecule has 2 atom stereocenters. The van der Waals surface area contributed by atoms with Crippen LogP contribution in [0.15, 0.2) is 24.3 Å². The molecule has 4 nitrogen and oxygen atoms in total. The third-order valence-electron chi connectivity index (χ3n) is 4.54. The van der Waals surface area contributed by atoms with Gasteiger partial charge in [0, 0.05) is 23.8 Å². The number of unbranched alkanes of at least 4 members (excludes halogenated alkanes) is 1. The van der Waals surface area contributed by atoms with Crippen LogP contribution in [0.5, 0.6) is 0 Å². The van der Waals surface area contributed by atoms with Crippen molar-refractivity contribution in [3.05, 3.63) is 29.3 Å². The molecule has 1 aromatic rings. The minimum atomic E-state index is -0.530. The number of anilines is 1. The number of hydrogen-bond acceptors (Lipinski definition) is 3. The zero-order chi connectivity index (χ0) is 17.7. The monoisotopic (exact) mass is 349 g/mol. The normalized spacial score (nSPS) is 19.0. The molecule has 1 fully saturated rings. The van der Waals surface area contributed by atoms with Crippen molar-refractivity contribution in [2.45, 2.75) is 52.4 Å². The zero-order valence-electron chi connectivity index (χ0n) is 14.3. The molecule has 1 aliphatic heterocycles. The van der Waals surface area contributed by atoms with Crippen molar-refractivity contribution >= 4 is 34.9 Å². The molecule has 2 amide bonds. The standard InChI is InChI=1S/C19H24ClNO3/c1-3-5-7-17(22)15(6-4-2)16-12-18(23)21(19(16)24)14-10-8-13(20)9-11-14/h8-11,15-16H,3-7,12H2,1-2H3. The van der Waals surface area contributed by atoms with Gasteiger partial charge < -0.3 is 0 Å². The number of imide groups is 1. The second-order valence-corrected chi connectivity index (χ2v) is 6.76. The predicted octanol–water partition coefficient (Wildman–Crippen LogP) is 4.40. The molecule has 0 radical (unpaired) electrons. The van der Waals surface area contributed by atoms with Crippen LogP contribution in [0.2, 0.25) is 5.02 Å². The smallest absolute Gasteiger partial charge is 0.238 e. The molecule has 1 aliphatic rings. The molecule has 0 aromatic heterocycles. The molecule has 0 aliphatic carbocycles. The van der Waals surface area contributed by atoms with Gasteiger partial charge in [-0.3, -0.25) is 19.3 Å². The van der Waals surface area contributed by atoms with E-state index >= 15 is 0 Å². The van der Waals surface area contributed by atoms with Crippen LogP contribution in [0.4, 0.5) is 5.69 Å². The Hall–Kier alpha value is -1.68. The number of amides is 2. The van der Waals surface area contributed by atoms with Gasteiger partial charge in [-0.15, -0.1) is 0 Å². The van der Waals surface area contributed by atoms with Crippen molar-refractivity contribution in [1.82, 2.24) is 0 Å². The molecule has 1 heterocycles. The maximum atomic E-state index is 12.8. The highest BCUT2D eigenvalue weighted by Gasteiger charge is 2.45. The van der Waals surface area contributed by atoms with Crippen LogP contribution >= 0.6 is 11.6 Å². The first-order valence-electron chi connectivity index (χ1n) is 8.64. The third kappa shape index (κ3) is 4.04. The Morgan fingerprint density at radius 3 is 2.46 bits per heavy atom. The Bertz CT molecular complexity index is 612. The number of halogens is 1. The molecule has 2 rings (SSSR count). The number of ketones is 1. The van der Waals surface area contributed by atoms with Crippen molar-refractivity contribution in [2.75, 3.05) is 4.90 Å². The van der Waals surface area contributed by atoms with E-state index in [4.69, 9.17) is 11.6 Å². The fraction of sp³-hybridized carbons (Fsp3) is 0.526. The minimum Gasteiger partial charge on any atom is -0.299 e. The van der Waals surface area contributed by atoms with Crippen LogP contribution in [0.1, 0.15) is 52.4 Å². The average Bonchev–Trinajstić information content (AvgIpc) is 2.86. The van der Waals surface area contributed by atoms with E-state index in [-0.39, 0.29) is 29.9 Å². The minimum absolute atomic E-state index is 0.114. The lowest BCUT2D eigenvalue weighted by Crippen LogP contribution is -2.34. The first-order valence-corrected chi connectivity index (χ1v) is 9.02. The first-order chi connectivity index (χ1) is 11.5. The van der Waals surface area contributed by atoms with Crippen LogP contribution < -0.4 is 4.90 Å². The number of carbonyl (C=O) groups is 3. The summed E-state index contributed by atoms with van der Waals surface area (Å²) in [5.74, 6) is -1.27. The maximum Gasteiger partial charge on any atom is 0.238 e. The van der Waals surface area contributed by atoms with Crippen LogP contribution in [0.3, 0.4) is 0 Å². The van der Waals surface area contributed by atoms with Crippen LogP contribution in [-0.2, 0) is 14.4 Å². The van der Waals surface area contributed by atoms with Gasteiger partial charge in [-0.1, -0.05) is 38.3 Å². The Balaban J connectivity index is 2.21. The molecule has 0 N–H and O–H groups in total. The number of nitrogens with zero attached hydrogens (tertiary/aromatic N) is 1. The summed E-state index contributed by atoms with van der Waals surface area (Å²) in [7, 11) is 0. The van der Waals surface area contributed by atoms with Gasteiger partial charge >= 0.3 is 0 Å². The molecule has 0 saturated carbocycles. The van der Waals surface area contributed by atoms with Gasteiger partial charge in [0.25, 0.3) is 0 Å². The van der Waals surface area contributed by atoms with Gasteiger partial charge in [-0.2, -0.15) is 0 Å². The summed E-state index contributed by atoms with van der Waals surface area (Å²) in [6, 6.07) is 6.63. The molecule has 1 saturated heterocycles. The van der Waals surface area contributed by atoms with E-state index in [9.17, 15) is 14.4 Å². The van der Waals surface area contributed by atoms with Gasteiger partial charge in [0.2, 0.25) is 11.8 Å². The summed E-state index contributed by atoms with van der Waals surface area (Å²) in [4.78, 5) is 38.9. The molecule has 130 valence electrons. The third-order valence-corrected chi connectivity index (χ3v) is 4.79. The first kappa shape index (κ1) is 18.7. The van der Waals surface area contributed by atoms with E-state index < -0.39 is 5.92 Å². The number of Topliss-reactive ketones (excluding diaryl/α,β-unsaturated/α-hetero) is 1. The SMILES string of the molecule is CCCCC(=O)C(CCC)C1CC(=O)N(c2ccc(Cl)cc2)C1=O.